The average molecular weight is 364 g/mol. The van der Waals surface area contributed by atoms with Crippen LogP contribution in [-0.2, 0) is 14.8 Å². The van der Waals surface area contributed by atoms with E-state index in [9.17, 15) is 13.2 Å². The highest BCUT2D eigenvalue weighted by atomic mass is 32.2. The molecule has 1 saturated heterocycles. The normalized spacial score (nSPS) is 21.4. The molecule has 2 aromatic rings. The number of rotatable bonds is 5. The van der Waals surface area contributed by atoms with Gasteiger partial charge in [0.2, 0.25) is 0 Å². The first kappa shape index (κ1) is 17.6. The van der Waals surface area contributed by atoms with E-state index in [1.807, 2.05) is 30.3 Å². The maximum absolute atomic E-state index is 12.9. The lowest BCUT2D eigenvalue weighted by atomic mass is 9.95. The Morgan fingerprint density at radius 1 is 1.36 bits per heavy atom. The van der Waals surface area contributed by atoms with E-state index < -0.39 is 16.0 Å². The quantitative estimate of drug-likeness (QED) is 0.754. The molecule has 1 aromatic heterocycles. The summed E-state index contributed by atoms with van der Waals surface area (Å²) < 4.78 is 32.1. The molecule has 2 atom stereocenters. The monoisotopic (exact) mass is 364 g/mol. The molecule has 2 heterocycles. The summed E-state index contributed by atoms with van der Waals surface area (Å²) in [7, 11) is -3.93. The zero-order chi connectivity index (χ0) is 18.0. The average Bonchev–Trinajstić information content (AvgIpc) is 3.23. The molecule has 1 aromatic carbocycles. The molecule has 0 bridgehead atoms. The molecule has 0 aliphatic carbocycles. The summed E-state index contributed by atoms with van der Waals surface area (Å²) in [6.07, 6.45) is 1.16. The van der Waals surface area contributed by atoms with Crippen LogP contribution in [0.25, 0.3) is 0 Å². The fraction of sp³-hybridized carbons (Fsp3) is 0.375. The number of carbonyl (C=O) groups is 1. The Balaban J connectivity index is 1.87. The van der Waals surface area contributed by atoms with Gasteiger partial charge in [-0.3, -0.25) is 5.10 Å². The molecule has 1 fully saturated rings. The van der Waals surface area contributed by atoms with Gasteiger partial charge in [0, 0.05) is 25.0 Å². The first-order valence-electron chi connectivity index (χ1n) is 7.96. The SMILES string of the molecule is CCOC(=O)c1cn[nH]c1S(=O)(=O)N1C[C@@H](N)[C@H](c2ccccc2)C1. The summed E-state index contributed by atoms with van der Waals surface area (Å²) in [5.74, 6) is -0.831. The fourth-order valence-corrected chi connectivity index (χ4v) is 4.56. The van der Waals surface area contributed by atoms with Crippen LogP contribution in [0.4, 0.5) is 0 Å². The molecule has 1 aliphatic rings. The largest absolute Gasteiger partial charge is 0.462 e. The lowest BCUT2D eigenvalue weighted by Gasteiger charge is -2.16. The van der Waals surface area contributed by atoms with Crippen LogP contribution in [0.3, 0.4) is 0 Å². The minimum Gasteiger partial charge on any atom is -0.462 e. The number of aromatic nitrogens is 2. The van der Waals surface area contributed by atoms with Crippen LogP contribution in [0.5, 0.6) is 0 Å². The molecule has 134 valence electrons. The molecule has 0 saturated carbocycles. The molecule has 0 spiro atoms. The van der Waals surface area contributed by atoms with E-state index in [2.05, 4.69) is 10.2 Å². The molecule has 3 rings (SSSR count). The van der Waals surface area contributed by atoms with E-state index in [0.717, 1.165) is 11.8 Å². The maximum Gasteiger partial charge on any atom is 0.342 e. The Morgan fingerprint density at radius 2 is 2.08 bits per heavy atom. The highest BCUT2D eigenvalue weighted by Gasteiger charge is 2.40. The van der Waals surface area contributed by atoms with Crippen molar-refractivity contribution in [1.82, 2.24) is 14.5 Å². The predicted molar refractivity (Wildman–Crippen MR) is 90.5 cm³/mol. The van der Waals surface area contributed by atoms with Crippen molar-refractivity contribution >= 4 is 16.0 Å². The summed E-state index contributed by atoms with van der Waals surface area (Å²) in [6.45, 7) is 2.21. The molecule has 8 nitrogen and oxygen atoms in total. The van der Waals surface area contributed by atoms with Gasteiger partial charge in [0.15, 0.2) is 5.03 Å². The molecule has 9 heteroatoms. The van der Waals surface area contributed by atoms with Crippen molar-refractivity contribution in [2.24, 2.45) is 5.73 Å². The third-order valence-electron chi connectivity index (χ3n) is 4.26. The molecule has 1 aliphatic heterocycles. The number of H-pyrrole nitrogens is 1. The summed E-state index contributed by atoms with van der Waals surface area (Å²) in [4.78, 5) is 11.9. The maximum atomic E-state index is 12.9. The smallest absolute Gasteiger partial charge is 0.342 e. The number of nitrogens with one attached hydrogen (secondary N) is 1. The van der Waals surface area contributed by atoms with Crippen molar-refractivity contribution in [1.29, 1.82) is 0 Å². The topological polar surface area (TPSA) is 118 Å². The molecular weight excluding hydrogens is 344 g/mol. The van der Waals surface area contributed by atoms with E-state index in [0.29, 0.717) is 0 Å². The number of nitrogens with two attached hydrogens (primary N) is 1. The van der Waals surface area contributed by atoms with Crippen LogP contribution in [0.15, 0.2) is 41.6 Å². The Morgan fingerprint density at radius 3 is 2.76 bits per heavy atom. The fourth-order valence-electron chi connectivity index (χ4n) is 3.00. The van der Waals surface area contributed by atoms with Crippen LogP contribution in [0.1, 0.15) is 28.8 Å². The lowest BCUT2D eigenvalue weighted by molar-refractivity contribution is 0.0521. The second-order valence-electron chi connectivity index (χ2n) is 5.84. The van der Waals surface area contributed by atoms with Crippen molar-refractivity contribution in [3.63, 3.8) is 0 Å². The van der Waals surface area contributed by atoms with Gasteiger partial charge in [0.25, 0.3) is 10.0 Å². The van der Waals surface area contributed by atoms with E-state index >= 15 is 0 Å². The lowest BCUT2D eigenvalue weighted by Crippen LogP contribution is -2.33. The minimum atomic E-state index is -3.93. The Kier molecular flexibility index (Phi) is 4.89. The molecule has 0 amide bonds. The Labute approximate surface area is 146 Å². The van der Waals surface area contributed by atoms with E-state index in [1.165, 1.54) is 4.31 Å². The van der Waals surface area contributed by atoms with Crippen LogP contribution in [-0.4, -0.2) is 54.6 Å². The van der Waals surface area contributed by atoms with Gasteiger partial charge in [-0.05, 0) is 12.5 Å². The van der Waals surface area contributed by atoms with Crippen molar-refractivity contribution in [3.8, 4) is 0 Å². The molecule has 3 N–H and O–H groups in total. The number of nitrogens with zero attached hydrogens (tertiary/aromatic N) is 2. The highest BCUT2D eigenvalue weighted by molar-refractivity contribution is 7.89. The number of esters is 1. The number of hydrogen-bond acceptors (Lipinski definition) is 6. The van der Waals surface area contributed by atoms with Gasteiger partial charge in [0.1, 0.15) is 5.56 Å². The Hall–Kier alpha value is -2.23. The number of hydrogen-bond donors (Lipinski definition) is 2. The predicted octanol–water partition coefficient (Wildman–Crippen LogP) is 0.702. The number of sulfonamides is 1. The van der Waals surface area contributed by atoms with Gasteiger partial charge >= 0.3 is 5.97 Å². The summed E-state index contributed by atoms with van der Waals surface area (Å²) in [6, 6.07) is 9.22. The first-order valence-corrected chi connectivity index (χ1v) is 9.40. The van der Waals surface area contributed by atoms with Gasteiger partial charge in [-0.15, -0.1) is 0 Å². The van der Waals surface area contributed by atoms with Gasteiger partial charge in [-0.25, -0.2) is 13.2 Å². The van der Waals surface area contributed by atoms with Gasteiger partial charge in [0.05, 0.1) is 12.8 Å². The molecular formula is C16H20N4O4S. The summed E-state index contributed by atoms with van der Waals surface area (Å²) in [5, 5.41) is 5.85. The number of ether oxygens (including phenoxy) is 1. The van der Waals surface area contributed by atoms with Crippen LogP contribution in [0.2, 0.25) is 0 Å². The minimum absolute atomic E-state index is 0.0985. The van der Waals surface area contributed by atoms with E-state index in [-0.39, 0.29) is 42.2 Å². The van der Waals surface area contributed by atoms with Crippen molar-refractivity contribution in [2.45, 2.75) is 23.9 Å². The first-order chi connectivity index (χ1) is 11.9. The zero-order valence-electron chi connectivity index (χ0n) is 13.8. The number of aromatic amines is 1. The second-order valence-corrected chi connectivity index (χ2v) is 7.71. The summed E-state index contributed by atoms with van der Waals surface area (Å²) >= 11 is 0. The zero-order valence-corrected chi connectivity index (χ0v) is 14.6. The van der Waals surface area contributed by atoms with Gasteiger partial charge in [-0.1, -0.05) is 30.3 Å². The summed E-state index contributed by atoms with van der Waals surface area (Å²) in [5.41, 5.74) is 7.06. The second kappa shape index (κ2) is 6.95. The standard InChI is InChI=1S/C16H20N4O4S/c1-2-24-16(21)12-8-18-19-15(12)25(22,23)20-9-13(14(17)10-20)11-6-4-3-5-7-11/h3-8,13-14H,2,9-10,17H2,1H3,(H,18,19)/t13-,14+/m0/s1. The molecule has 0 radical (unpaired) electrons. The van der Waals surface area contributed by atoms with Crippen LogP contribution in [0, 0.1) is 0 Å². The van der Waals surface area contributed by atoms with Crippen molar-refractivity contribution < 1.29 is 17.9 Å². The molecule has 0 unspecified atom stereocenters. The molecule has 25 heavy (non-hydrogen) atoms. The number of carbonyl (C=O) groups excluding carboxylic acids is 1. The third-order valence-corrected chi connectivity index (χ3v) is 6.06. The van der Waals surface area contributed by atoms with Gasteiger partial charge in [-0.2, -0.15) is 9.40 Å². The van der Waals surface area contributed by atoms with E-state index in [4.69, 9.17) is 10.5 Å². The van der Waals surface area contributed by atoms with E-state index in [1.54, 1.807) is 6.92 Å². The van der Waals surface area contributed by atoms with Gasteiger partial charge < -0.3 is 10.5 Å². The highest BCUT2D eigenvalue weighted by Crippen LogP contribution is 2.30. The number of benzene rings is 1. The van der Waals surface area contributed by atoms with Crippen LogP contribution < -0.4 is 5.73 Å². The van der Waals surface area contributed by atoms with Crippen molar-refractivity contribution in [3.05, 3.63) is 47.7 Å². The Bertz CT molecular complexity index is 850. The third kappa shape index (κ3) is 3.30. The van der Waals surface area contributed by atoms with Crippen LogP contribution >= 0.6 is 0 Å². The van der Waals surface area contributed by atoms with Crippen molar-refractivity contribution in [2.75, 3.05) is 19.7 Å².